The molecule has 33 heavy (non-hydrogen) atoms. The van der Waals surface area contributed by atoms with E-state index in [1.165, 1.54) is 22.3 Å². The summed E-state index contributed by atoms with van der Waals surface area (Å²) >= 11 is 1.28. The van der Waals surface area contributed by atoms with Crippen LogP contribution in [0.2, 0.25) is 0 Å². The van der Waals surface area contributed by atoms with Gasteiger partial charge in [0.15, 0.2) is 5.13 Å². The van der Waals surface area contributed by atoms with Crippen molar-refractivity contribution < 1.29 is 23.8 Å². The van der Waals surface area contributed by atoms with Crippen LogP contribution in [0.15, 0.2) is 53.9 Å². The Balaban J connectivity index is 1.60. The third kappa shape index (κ3) is 6.33. The summed E-state index contributed by atoms with van der Waals surface area (Å²) in [5.41, 5.74) is 2.23. The normalized spacial score (nSPS) is 10.7. The highest BCUT2D eigenvalue weighted by atomic mass is 32.1. The summed E-state index contributed by atoms with van der Waals surface area (Å²) in [4.78, 5) is 30.6. The van der Waals surface area contributed by atoms with Gasteiger partial charge in [0.25, 0.3) is 0 Å². The number of hydrogen-bond acceptors (Lipinski definition) is 7. The van der Waals surface area contributed by atoms with Crippen LogP contribution in [-0.4, -0.2) is 56.6 Å². The van der Waals surface area contributed by atoms with Crippen LogP contribution in [0.1, 0.15) is 5.56 Å². The number of ether oxygens (including phenoxy) is 3. The summed E-state index contributed by atoms with van der Waals surface area (Å²) < 4.78 is 15.8. The van der Waals surface area contributed by atoms with E-state index in [4.69, 9.17) is 14.2 Å². The molecule has 0 saturated heterocycles. The largest absolute Gasteiger partial charge is 0.497 e. The molecule has 172 valence electrons. The summed E-state index contributed by atoms with van der Waals surface area (Å²) in [5, 5.41) is 4.98. The monoisotopic (exact) mass is 467 g/mol. The highest BCUT2D eigenvalue weighted by Crippen LogP contribution is 2.35. The molecule has 0 atom stereocenters. The maximum atomic E-state index is 12.4. The third-order valence-corrected chi connectivity index (χ3v) is 5.46. The topological polar surface area (TPSA) is 90.0 Å². The second kappa shape index (κ2) is 11.1. The van der Waals surface area contributed by atoms with Gasteiger partial charge in [0.05, 0.1) is 33.6 Å². The number of carbonyl (C=O) groups excluding carboxylic acids is 2. The Labute approximate surface area is 196 Å². The van der Waals surface area contributed by atoms with Crippen LogP contribution < -0.4 is 19.5 Å². The predicted molar refractivity (Wildman–Crippen MR) is 129 cm³/mol. The Morgan fingerprint density at radius 1 is 1.06 bits per heavy atom. The average molecular weight is 468 g/mol. The molecule has 0 unspecified atom stereocenters. The Kier molecular flexibility index (Phi) is 8.04. The van der Waals surface area contributed by atoms with E-state index in [2.05, 4.69) is 10.3 Å². The lowest BCUT2D eigenvalue weighted by Crippen LogP contribution is -2.33. The molecule has 1 N–H and O–H groups in total. The first-order chi connectivity index (χ1) is 15.9. The number of carbonyl (C=O) groups is 2. The fourth-order valence-electron chi connectivity index (χ4n) is 2.96. The second-order valence-electron chi connectivity index (χ2n) is 6.96. The zero-order chi connectivity index (χ0) is 23.8. The number of thiazole rings is 1. The van der Waals surface area contributed by atoms with Crippen LogP contribution >= 0.6 is 11.3 Å². The Bertz CT molecular complexity index is 1160. The smallest absolute Gasteiger partial charge is 0.246 e. The summed E-state index contributed by atoms with van der Waals surface area (Å²) in [6.45, 7) is -0.112. The van der Waals surface area contributed by atoms with Gasteiger partial charge in [0, 0.05) is 24.1 Å². The van der Waals surface area contributed by atoms with Gasteiger partial charge in [0.2, 0.25) is 11.8 Å². The lowest BCUT2D eigenvalue weighted by molar-refractivity contribution is -0.129. The SMILES string of the molecule is COc1cccc(/C=C/C(=O)N(C)CC(=O)Nc2nc(-c3cc(OC)ccc3OC)cs2)c1. The molecule has 0 aliphatic heterocycles. The van der Waals surface area contributed by atoms with Gasteiger partial charge >= 0.3 is 0 Å². The molecule has 1 heterocycles. The number of hydrogen-bond donors (Lipinski definition) is 1. The van der Waals surface area contributed by atoms with Crippen LogP contribution in [0.5, 0.6) is 17.2 Å². The molecule has 0 aliphatic carbocycles. The molecular formula is C24H25N3O5S. The van der Waals surface area contributed by atoms with Crippen molar-refractivity contribution in [1.82, 2.24) is 9.88 Å². The molecule has 3 rings (SSSR count). The Morgan fingerprint density at radius 2 is 1.82 bits per heavy atom. The van der Waals surface area contributed by atoms with E-state index >= 15 is 0 Å². The van der Waals surface area contributed by atoms with Crippen molar-refractivity contribution in [2.75, 3.05) is 40.2 Å². The van der Waals surface area contributed by atoms with E-state index in [1.54, 1.807) is 46.6 Å². The van der Waals surface area contributed by atoms with Crippen LogP contribution in [0, 0.1) is 0 Å². The molecule has 1 aromatic heterocycles. The standard InChI is InChI=1S/C24H25N3O5S/c1-27(23(29)11-8-16-6-5-7-17(12-16)30-2)14-22(28)26-24-25-20(15-33-24)19-13-18(31-3)9-10-21(19)32-4/h5-13,15H,14H2,1-4H3,(H,25,26,28)/b11-8+. The summed E-state index contributed by atoms with van der Waals surface area (Å²) in [5.74, 6) is 1.37. The molecule has 8 nitrogen and oxygen atoms in total. The molecule has 3 aromatic rings. The molecule has 0 spiro atoms. The van der Waals surface area contributed by atoms with Gasteiger partial charge < -0.3 is 24.4 Å². The molecule has 0 radical (unpaired) electrons. The van der Waals surface area contributed by atoms with Gasteiger partial charge in [-0.15, -0.1) is 11.3 Å². The molecule has 9 heteroatoms. The number of nitrogens with zero attached hydrogens (tertiary/aromatic N) is 2. The number of benzene rings is 2. The van der Waals surface area contributed by atoms with Crippen molar-refractivity contribution in [3.05, 3.63) is 59.5 Å². The lowest BCUT2D eigenvalue weighted by Gasteiger charge is -2.14. The zero-order valence-corrected chi connectivity index (χ0v) is 19.6. The fraction of sp³-hybridized carbons (Fsp3) is 0.208. The number of nitrogens with one attached hydrogen (secondary N) is 1. The van der Waals surface area contributed by atoms with E-state index in [9.17, 15) is 9.59 Å². The van der Waals surface area contributed by atoms with E-state index in [0.29, 0.717) is 28.1 Å². The van der Waals surface area contributed by atoms with Crippen LogP contribution in [0.25, 0.3) is 17.3 Å². The van der Waals surface area contributed by atoms with Gasteiger partial charge in [-0.25, -0.2) is 4.98 Å². The first-order valence-electron chi connectivity index (χ1n) is 9.98. The maximum absolute atomic E-state index is 12.4. The number of methoxy groups -OCH3 is 3. The van der Waals surface area contributed by atoms with Gasteiger partial charge in [-0.3, -0.25) is 9.59 Å². The van der Waals surface area contributed by atoms with Crippen molar-refractivity contribution in [3.8, 4) is 28.5 Å². The molecule has 0 aliphatic rings. The number of rotatable bonds is 9. The van der Waals surface area contributed by atoms with E-state index in [0.717, 1.165) is 11.1 Å². The number of likely N-dealkylation sites (N-methyl/N-ethyl adjacent to an activating group) is 1. The highest BCUT2D eigenvalue weighted by Gasteiger charge is 2.15. The van der Waals surface area contributed by atoms with Crippen LogP contribution in [0.4, 0.5) is 5.13 Å². The molecule has 2 amide bonds. The number of anilines is 1. The molecular weight excluding hydrogens is 442 g/mol. The lowest BCUT2D eigenvalue weighted by atomic mass is 10.1. The van der Waals surface area contributed by atoms with E-state index in [1.807, 2.05) is 35.7 Å². The average Bonchev–Trinajstić information content (AvgIpc) is 3.30. The van der Waals surface area contributed by atoms with Crippen molar-refractivity contribution in [2.45, 2.75) is 0 Å². The fourth-order valence-corrected chi connectivity index (χ4v) is 3.69. The number of aromatic nitrogens is 1. The van der Waals surface area contributed by atoms with E-state index in [-0.39, 0.29) is 18.4 Å². The second-order valence-corrected chi connectivity index (χ2v) is 7.81. The van der Waals surface area contributed by atoms with Crippen molar-refractivity contribution in [1.29, 1.82) is 0 Å². The van der Waals surface area contributed by atoms with Gasteiger partial charge in [-0.05, 0) is 42.0 Å². The summed E-state index contributed by atoms with van der Waals surface area (Å²) in [7, 11) is 6.31. The first kappa shape index (κ1) is 23.8. The predicted octanol–water partition coefficient (Wildman–Crippen LogP) is 3.95. The minimum atomic E-state index is -0.348. The Morgan fingerprint density at radius 3 is 2.55 bits per heavy atom. The number of amides is 2. The van der Waals surface area contributed by atoms with Crippen LogP contribution in [0.3, 0.4) is 0 Å². The quantitative estimate of drug-likeness (QED) is 0.480. The molecule has 0 fully saturated rings. The Hall–Kier alpha value is -3.85. The van der Waals surface area contributed by atoms with Crippen molar-refractivity contribution in [2.24, 2.45) is 0 Å². The van der Waals surface area contributed by atoms with Crippen molar-refractivity contribution in [3.63, 3.8) is 0 Å². The van der Waals surface area contributed by atoms with Crippen LogP contribution in [-0.2, 0) is 9.59 Å². The highest BCUT2D eigenvalue weighted by molar-refractivity contribution is 7.14. The first-order valence-corrected chi connectivity index (χ1v) is 10.9. The summed E-state index contributed by atoms with van der Waals surface area (Å²) in [6.07, 6.45) is 3.09. The zero-order valence-electron chi connectivity index (χ0n) is 18.8. The molecule has 0 saturated carbocycles. The summed E-state index contributed by atoms with van der Waals surface area (Å²) in [6, 6.07) is 12.7. The van der Waals surface area contributed by atoms with E-state index < -0.39 is 0 Å². The van der Waals surface area contributed by atoms with Gasteiger partial charge in [0.1, 0.15) is 17.2 Å². The molecule has 0 bridgehead atoms. The van der Waals surface area contributed by atoms with Gasteiger partial charge in [-0.2, -0.15) is 0 Å². The maximum Gasteiger partial charge on any atom is 0.246 e. The van der Waals surface area contributed by atoms with Gasteiger partial charge in [-0.1, -0.05) is 12.1 Å². The minimum Gasteiger partial charge on any atom is -0.497 e. The van der Waals surface area contributed by atoms with Crippen molar-refractivity contribution >= 4 is 34.4 Å². The minimum absolute atomic E-state index is 0.112. The third-order valence-electron chi connectivity index (χ3n) is 4.70. The molecule has 2 aromatic carbocycles.